The summed E-state index contributed by atoms with van der Waals surface area (Å²) in [7, 11) is 0. The molecule has 1 N–H and O–H groups in total. The quantitative estimate of drug-likeness (QED) is 0.687. The van der Waals surface area contributed by atoms with Crippen molar-refractivity contribution in [2.24, 2.45) is 0 Å². The SMILES string of the molecule is CC(C)=CCCNC(=O)N1CCOC(c2nc(C)cs2)C1. The van der Waals surface area contributed by atoms with Crippen molar-refractivity contribution in [3.05, 3.63) is 27.7 Å². The molecule has 116 valence electrons. The van der Waals surface area contributed by atoms with Gasteiger partial charge in [0.1, 0.15) is 11.1 Å². The third-order valence-corrected chi connectivity index (χ3v) is 4.29. The first kappa shape index (κ1) is 16.0. The number of nitrogens with one attached hydrogen (secondary N) is 1. The average Bonchev–Trinajstić information content (AvgIpc) is 2.90. The third-order valence-electron chi connectivity index (χ3n) is 3.24. The van der Waals surface area contributed by atoms with Crippen molar-refractivity contribution < 1.29 is 9.53 Å². The molecule has 1 aliphatic heterocycles. The summed E-state index contributed by atoms with van der Waals surface area (Å²) in [5.41, 5.74) is 2.27. The molecule has 0 bridgehead atoms. The van der Waals surface area contributed by atoms with Gasteiger partial charge in [0, 0.05) is 24.2 Å². The number of amides is 2. The molecule has 0 spiro atoms. The van der Waals surface area contributed by atoms with Crippen molar-refractivity contribution >= 4 is 17.4 Å². The summed E-state index contributed by atoms with van der Waals surface area (Å²) in [6, 6.07) is -0.0151. The zero-order chi connectivity index (χ0) is 15.2. The number of hydrogen-bond donors (Lipinski definition) is 1. The number of urea groups is 1. The number of thiazole rings is 1. The third kappa shape index (κ3) is 4.82. The fourth-order valence-electron chi connectivity index (χ4n) is 2.15. The summed E-state index contributed by atoms with van der Waals surface area (Å²) in [6.07, 6.45) is 2.90. The topological polar surface area (TPSA) is 54.5 Å². The van der Waals surface area contributed by atoms with Crippen molar-refractivity contribution in [2.45, 2.75) is 33.3 Å². The van der Waals surface area contributed by atoms with Crippen LogP contribution in [-0.2, 0) is 4.74 Å². The molecule has 0 saturated carbocycles. The average molecular weight is 309 g/mol. The van der Waals surface area contributed by atoms with Gasteiger partial charge in [0.05, 0.1) is 13.2 Å². The molecule has 0 radical (unpaired) electrons. The molecule has 2 amide bonds. The minimum Gasteiger partial charge on any atom is -0.367 e. The van der Waals surface area contributed by atoms with Crippen LogP contribution in [0.3, 0.4) is 0 Å². The maximum atomic E-state index is 12.1. The predicted molar refractivity (Wildman–Crippen MR) is 84.6 cm³/mol. The van der Waals surface area contributed by atoms with Crippen LogP contribution in [0.15, 0.2) is 17.0 Å². The van der Waals surface area contributed by atoms with Crippen LogP contribution in [0.5, 0.6) is 0 Å². The Balaban J connectivity index is 1.83. The maximum Gasteiger partial charge on any atom is 0.317 e. The number of aryl methyl sites for hydroxylation is 1. The first-order chi connectivity index (χ1) is 10.1. The van der Waals surface area contributed by atoms with E-state index in [1.54, 1.807) is 11.3 Å². The number of morpholine rings is 1. The van der Waals surface area contributed by atoms with E-state index in [1.165, 1.54) is 5.57 Å². The van der Waals surface area contributed by atoms with E-state index < -0.39 is 0 Å². The molecule has 1 aliphatic rings. The molecule has 6 heteroatoms. The zero-order valence-corrected chi connectivity index (χ0v) is 13.7. The number of ether oxygens (including phenoxy) is 1. The highest BCUT2D eigenvalue weighted by Gasteiger charge is 2.26. The van der Waals surface area contributed by atoms with Crippen LogP contribution < -0.4 is 5.32 Å². The molecule has 2 rings (SSSR count). The Morgan fingerprint density at radius 2 is 2.43 bits per heavy atom. The van der Waals surface area contributed by atoms with Crippen LogP contribution in [0, 0.1) is 6.92 Å². The van der Waals surface area contributed by atoms with Crippen molar-refractivity contribution in [1.82, 2.24) is 15.2 Å². The van der Waals surface area contributed by atoms with Crippen molar-refractivity contribution in [3.8, 4) is 0 Å². The second-order valence-electron chi connectivity index (χ2n) is 5.43. The molecule has 0 aliphatic carbocycles. The fraction of sp³-hybridized carbons (Fsp3) is 0.600. The first-order valence-corrected chi connectivity index (χ1v) is 8.14. The van der Waals surface area contributed by atoms with Gasteiger partial charge in [0.2, 0.25) is 0 Å². The second kappa shape index (κ2) is 7.56. The smallest absolute Gasteiger partial charge is 0.317 e. The van der Waals surface area contributed by atoms with Crippen molar-refractivity contribution in [3.63, 3.8) is 0 Å². The van der Waals surface area contributed by atoms with Crippen LogP contribution in [0.25, 0.3) is 0 Å². The lowest BCUT2D eigenvalue weighted by molar-refractivity contribution is -0.0155. The molecular formula is C15H23N3O2S. The van der Waals surface area contributed by atoms with E-state index in [-0.39, 0.29) is 12.1 Å². The van der Waals surface area contributed by atoms with Crippen LogP contribution in [0.1, 0.15) is 37.1 Å². The lowest BCUT2D eigenvalue weighted by Crippen LogP contribution is -2.47. The Morgan fingerprint density at radius 3 is 3.10 bits per heavy atom. The van der Waals surface area contributed by atoms with E-state index >= 15 is 0 Å². The molecule has 21 heavy (non-hydrogen) atoms. The van der Waals surface area contributed by atoms with E-state index in [0.29, 0.717) is 26.2 Å². The lowest BCUT2D eigenvalue weighted by atomic mass is 10.2. The summed E-state index contributed by atoms with van der Waals surface area (Å²) in [5.74, 6) is 0. The molecule has 2 heterocycles. The van der Waals surface area contributed by atoms with Gasteiger partial charge in [0.15, 0.2) is 0 Å². The first-order valence-electron chi connectivity index (χ1n) is 7.26. The fourth-order valence-corrected chi connectivity index (χ4v) is 2.99. The summed E-state index contributed by atoms with van der Waals surface area (Å²) < 4.78 is 5.73. The highest BCUT2D eigenvalue weighted by Crippen LogP contribution is 2.25. The van der Waals surface area contributed by atoms with Gasteiger partial charge in [-0.05, 0) is 27.2 Å². The van der Waals surface area contributed by atoms with Gasteiger partial charge in [-0.1, -0.05) is 11.6 Å². The molecular weight excluding hydrogens is 286 g/mol. The predicted octanol–water partition coefficient (Wildman–Crippen LogP) is 2.89. The van der Waals surface area contributed by atoms with E-state index in [2.05, 4.69) is 30.2 Å². The molecule has 1 fully saturated rings. The van der Waals surface area contributed by atoms with Gasteiger partial charge in [-0.25, -0.2) is 9.78 Å². The number of allylic oxidation sites excluding steroid dienone is 1. The number of aromatic nitrogens is 1. The van der Waals surface area contributed by atoms with Gasteiger partial charge in [-0.2, -0.15) is 0 Å². The minimum absolute atomic E-state index is 0.0151. The molecule has 1 atom stereocenters. The lowest BCUT2D eigenvalue weighted by Gasteiger charge is -2.32. The molecule has 5 nitrogen and oxygen atoms in total. The largest absolute Gasteiger partial charge is 0.367 e. The van der Waals surface area contributed by atoms with E-state index in [0.717, 1.165) is 17.1 Å². The van der Waals surface area contributed by atoms with Crippen molar-refractivity contribution in [1.29, 1.82) is 0 Å². The monoisotopic (exact) mass is 309 g/mol. The van der Waals surface area contributed by atoms with Gasteiger partial charge in [-0.3, -0.25) is 0 Å². The summed E-state index contributed by atoms with van der Waals surface area (Å²) >= 11 is 1.59. The van der Waals surface area contributed by atoms with Gasteiger partial charge in [0.25, 0.3) is 0 Å². The summed E-state index contributed by atoms with van der Waals surface area (Å²) in [4.78, 5) is 18.4. The summed E-state index contributed by atoms with van der Waals surface area (Å²) in [6.45, 7) is 8.52. The molecule has 1 unspecified atom stereocenters. The number of nitrogens with zero attached hydrogens (tertiary/aromatic N) is 2. The Hall–Kier alpha value is -1.40. The van der Waals surface area contributed by atoms with Gasteiger partial charge >= 0.3 is 6.03 Å². The molecule has 0 aromatic carbocycles. The maximum absolute atomic E-state index is 12.1. The van der Waals surface area contributed by atoms with E-state index in [1.807, 2.05) is 17.2 Å². The summed E-state index contributed by atoms with van der Waals surface area (Å²) in [5, 5.41) is 5.92. The molecule has 1 saturated heterocycles. The van der Waals surface area contributed by atoms with E-state index in [9.17, 15) is 4.79 Å². The van der Waals surface area contributed by atoms with Crippen LogP contribution in [-0.4, -0.2) is 42.2 Å². The number of hydrogen-bond acceptors (Lipinski definition) is 4. The Labute approximate surface area is 130 Å². The Kier molecular flexibility index (Phi) is 5.76. The zero-order valence-electron chi connectivity index (χ0n) is 12.9. The van der Waals surface area contributed by atoms with Crippen LogP contribution >= 0.6 is 11.3 Å². The van der Waals surface area contributed by atoms with Gasteiger partial charge in [-0.15, -0.1) is 11.3 Å². The van der Waals surface area contributed by atoms with Gasteiger partial charge < -0.3 is 15.0 Å². The van der Waals surface area contributed by atoms with Crippen LogP contribution in [0.4, 0.5) is 4.79 Å². The van der Waals surface area contributed by atoms with Crippen LogP contribution in [0.2, 0.25) is 0 Å². The highest BCUT2D eigenvalue weighted by atomic mass is 32.1. The number of rotatable bonds is 4. The Bertz CT molecular complexity index is 509. The van der Waals surface area contributed by atoms with Crippen molar-refractivity contribution in [2.75, 3.05) is 26.2 Å². The second-order valence-corrected chi connectivity index (χ2v) is 6.32. The molecule has 1 aromatic rings. The highest BCUT2D eigenvalue weighted by molar-refractivity contribution is 7.09. The number of carbonyl (C=O) groups is 1. The van der Waals surface area contributed by atoms with E-state index in [4.69, 9.17) is 4.74 Å². The minimum atomic E-state index is -0.0963. The normalized spacial score (nSPS) is 18.4. The molecule has 1 aromatic heterocycles. The standard InChI is InChI=1S/C15H23N3O2S/c1-11(2)5-4-6-16-15(19)18-7-8-20-13(9-18)14-17-12(3)10-21-14/h5,10,13H,4,6-9H2,1-3H3,(H,16,19). The Morgan fingerprint density at radius 1 is 1.62 bits per heavy atom. The number of carbonyl (C=O) groups excluding carboxylic acids is 1.